The summed E-state index contributed by atoms with van der Waals surface area (Å²) < 4.78 is 30.1. The Morgan fingerprint density at radius 1 is 1.37 bits per heavy atom. The fraction of sp³-hybridized carbons (Fsp3) is 0.333. The summed E-state index contributed by atoms with van der Waals surface area (Å²) in [6.07, 6.45) is -0.0991. The SMILES string of the molecule is COC(=O)C(Br)CNC(=O)Cc1ccc(F)c(F)c1. The van der Waals surface area contributed by atoms with Gasteiger partial charge in [0.1, 0.15) is 4.83 Å². The maximum absolute atomic E-state index is 12.9. The topological polar surface area (TPSA) is 55.4 Å². The van der Waals surface area contributed by atoms with Gasteiger partial charge in [0, 0.05) is 6.54 Å². The van der Waals surface area contributed by atoms with Gasteiger partial charge < -0.3 is 10.1 Å². The van der Waals surface area contributed by atoms with E-state index in [1.807, 2.05) is 0 Å². The lowest BCUT2D eigenvalue weighted by Crippen LogP contribution is -2.34. The molecule has 1 unspecified atom stereocenters. The van der Waals surface area contributed by atoms with Crippen molar-refractivity contribution in [1.82, 2.24) is 5.32 Å². The summed E-state index contributed by atoms with van der Waals surface area (Å²) >= 11 is 3.04. The summed E-state index contributed by atoms with van der Waals surface area (Å²) in [6, 6.07) is 3.24. The second kappa shape index (κ2) is 7.18. The highest BCUT2D eigenvalue weighted by atomic mass is 79.9. The van der Waals surface area contributed by atoms with Crippen LogP contribution in [0.5, 0.6) is 0 Å². The van der Waals surface area contributed by atoms with Crippen molar-refractivity contribution in [3.05, 3.63) is 35.4 Å². The summed E-state index contributed by atoms with van der Waals surface area (Å²) in [5.41, 5.74) is 0.348. The molecule has 104 valence electrons. The minimum atomic E-state index is -1.00. The molecule has 0 saturated carbocycles. The fourth-order valence-electron chi connectivity index (χ4n) is 1.31. The zero-order valence-electron chi connectivity index (χ0n) is 10.1. The molecule has 0 aromatic heterocycles. The highest BCUT2D eigenvalue weighted by Gasteiger charge is 2.16. The van der Waals surface area contributed by atoms with Crippen LogP contribution in [0.25, 0.3) is 0 Å². The van der Waals surface area contributed by atoms with Crippen LogP contribution in [0.3, 0.4) is 0 Å². The maximum atomic E-state index is 12.9. The Morgan fingerprint density at radius 3 is 2.63 bits per heavy atom. The van der Waals surface area contributed by atoms with Gasteiger partial charge in [0.2, 0.25) is 5.91 Å². The van der Waals surface area contributed by atoms with Gasteiger partial charge in [-0.05, 0) is 17.7 Å². The summed E-state index contributed by atoms with van der Waals surface area (Å²) in [4.78, 5) is 21.9. The van der Waals surface area contributed by atoms with Crippen molar-refractivity contribution in [2.45, 2.75) is 11.2 Å². The van der Waals surface area contributed by atoms with Crippen molar-refractivity contribution in [2.24, 2.45) is 0 Å². The predicted octanol–water partition coefficient (Wildman–Crippen LogP) is 1.56. The molecule has 7 heteroatoms. The molecule has 0 radical (unpaired) electrons. The van der Waals surface area contributed by atoms with Crippen LogP contribution in [0.15, 0.2) is 18.2 Å². The number of carbonyl (C=O) groups is 2. The smallest absolute Gasteiger partial charge is 0.321 e. The van der Waals surface area contributed by atoms with Gasteiger partial charge in [-0.3, -0.25) is 9.59 Å². The second-order valence-corrected chi connectivity index (χ2v) is 4.83. The molecule has 1 amide bonds. The fourth-order valence-corrected chi connectivity index (χ4v) is 1.66. The molecular formula is C12H12BrF2NO3. The highest BCUT2D eigenvalue weighted by molar-refractivity contribution is 9.10. The predicted molar refractivity (Wildman–Crippen MR) is 67.8 cm³/mol. The first-order chi connectivity index (χ1) is 8.93. The molecule has 0 saturated heterocycles. The first-order valence-electron chi connectivity index (χ1n) is 5.36. The number of benzene rings is 1. The Bertz CT molecular complexity index is 482. The van der Waals surface area contributed by atoms with E-state index in [0.29, 0.717) is 5.56 Å². The number of nitrogens with one attached hydrogen (secondary N) is 1. The van der Waals surface area contributed by atoms with E-state index in [1.165, 1.54) is 13.2 Å². The highest BCUT2D eigenvalue weighted by Crippen LogP contribution is 2.09. The molecule has 0 heterocycles. The summed E-state index contributed by atoms with van der Waals surface area (Å²) in [7, 11) is 1.24. The maximum Gasteiger partial charge on any atom is 0.321 e. The van der Waals surface area contributed by atoms with Crippen LogP contribution < -0.4 is 5.32 Å². The van der Waals surface area contributed by atoms with Gasteiger partial charge >= 0.3 is 5.97 Å². The van der Waals surface area contributed by atoms with Crippen molar-refractivity contribution < 1.29 is 23.1 Å². The van der Waals surface area contributed by atoms with E-state index in [9.17, 15) is 18.4 Å². The molecule has 1 atom stereocenters. The van der Waals surface area contributed by atoms with Crippen LogP contribution in [0.1, 0.15) is 5.56 Å². The molecule has 1 N–H and O–H groups in total. The van der Waals surface area contributed by atoms with E-state index >= 15 is 0 Å². The Labute approximate surface area is 117 Å². The molecule has 0 fully saturated rings. The van der Waals surface area contributed by atoms with Gasteiger partial charge in [-0.2, -0.15) is 0 Å². The molecule has 0 aliphatic heterocycles. The molecule has 4 nitrogen and oxygen atoms in total. The number of ether oxygens (including phenoxy) is 1. The lowest BCUT2D eigenvalue weighted by molar-refractivity contribution is -0.139. The number of methoxy groups -OCH3 is 1. The number of rotatable bonds is 5. The van der Waals surface area contributed by atoms with E-state index < -0.39 is 28.3 Å². The van der Waals surface area contributed by atoms with Crippen LogP contribution in [-0.4, -0.2) is 30.4 Å². The molecule has 0 aliphatic carbocycles. The number of halogens is 3. The van der Waals surface area contributed by atoms with Gasteiger partial charge in [0.15, 0.2) is 11.6 Å². The zero-order chi connectivity index (χ0) is 14.4. The van der Waals surface area contributed by atoms with E-state index in [1.54, 1.807) is 0 Å². The number of esters is 1. The third-order valence-electron chi connectivity index (χ3n) is 2.28. The minimum absolute atomic E-state index is 0.0508. The zero-order valence-corrected chi connectivity index (χ0v) is 11.7. The molecule has 1 aromatic carbocycles. The number of amides is 1. The van der Waals surface area contributed by atoms with Crippen molar-refractivity contribution in [2.75, 3.05) is 13.7 Å². The molecule has 0 spiro atoms. The van der Waals surface area contributed by atoms with Crippen LogP contribution in [0, 0.1) is 11.6 Å². The van der Waals surface area contributed by atoms with Gasteiger partial charge in [0.05, 0.1) is 13.5 Å². The van der Waals surface area contributed by atoms with Gasteiger partial charge in [-0.25, -0.2) is 8.78 Å². The van der Waals surface area contributed by atoms with Crippen molar-refractivity contribution in [3.8, 4) is 0 Å². The summed E-state index contributed by atoms with van der Waals surface area (Å²) in [6.45, 7) is 0.0508. The Kier molecular flexibility index (Phi) is 5.88. The van der Waals surface area contributed by atoms with Crippen molar-refractivity contribution >= 4 is 27.8 Å². The normalized spacial score (nSPS) is 11.8. The van der Waals surface area contributed by atoms with Crippen LogP contribution in [0.4, 0.5) is 8.78 Å². The second-order valence-electron chi connectivity index (χ2n) is 3.72. The first kappa shape index (κ1) is 15.6. The molecule has 19 heavy (non-hydrogen) atoms. The quantitative estimate of drug-likeness (QED) is 0.656. The summed E-state index contributed by atoms with van der Waals surface area (Å²) in [5, 5.41) is 2.48. The number of hydrogen-bond acceptors (Lipinski definition) is 3. The van der Waals surface area contributed by atoms with Crippen molar-refractivity contribution in [1.29, 1.82) is 0 Å². The van der Waals surface area contributed by atoms with Gasteiger partial charge in [0.25, 0.3) is 0 Å². The monoisotopic (exact) mass is 335 g/mol. The Hall–Kier alpha value is -1.50. The lowest BCUT2D eigenvalue weighted by atomic mass is 10.1. The first-order valence-corrected chi connectivity index (χ1v) is 6.28. The average molecular weight is 336 g/mol. The lowest BCUT2D eigenvalue weighted by Gasteiger charge is -2.09. The van der Waals surface area contributed by atoms with Gasteiger partial charge in [-0.15, -0.1) is 0 Å². The molecule has 0 aliphatic rings. The molecule has 1 aromatic rings. The Morgan fingerprint density at radius 2 is 2.05 bits per heavy atom. The van der Waals surface area contributed by atoms with E-state index in [4.69, 9.17) is 0 Å². The average Bonchev–Trinajstić information content (AvgIpc) is 2.39. The number of alkyl halides is 1. The van der Waals surface area contributed by atoms with Crippen molar-refractivity contribution in [3.63, 3.8) is 0 Å². The molecule has 0 bridgehead atoms. The standard InChI is InChI=1S/C12H12BrF2NO3/c1-19-12(18)8(13)6-16-11(17)5-7-2-3-9(14)10(15)4-7/h2-4,8H,5-6H2,1H3,(H,16,17). The third kappa shape index (κ3) is 4.94. The van der Waals surface area contributed by atoms with Crippen LogP contribution in [-0.2, 0) is 20.7 Å². The summed E-state index contributed by atoms with van der Waals surface area (Å²) in [5.74, 6) is -2.87. The van der Waals surface area contributed by atoms with E-state index in [2.05, 4.69) is 26.0 Å². The van der Waals surface area contributed by atoms with E-state index in [-0.39, 0.29) is 13.0 Å². The van der Waals surface area contributed by atoms with Gasteiger partial charge in [-0.1, -0.05) is 22.0 Å². The molecular weight excluding hydrogens is 324 g/mol. The van der Waals surface area contributed by atoms with E-state index in [0.717, 1.165) is 12.1 Å². The Balaban J connectivity index is 2.47. The largest absolute Gasteiger partial charge is 0.468 e. The minimum Gasteiger partial charge on any atom is -0.468 e. The number of carbonyl (C=O) groups excluding carboxylic acids is 2. The molecule has 1 rings (SSSR count). The van der Waals surface area contributed by atoms with Crippen LogP contribution >= 0.6 is 15.9 Å². The third-order valence-corrected chi connectivity index (χ3v) is 2.98. The van der Waals surface area contributed by atoms with Crippen LogP contribution in [0.2, 0.25) is 0 Å². The number of hydrogen-bond donors (Lipinski definition) is 1.